The maximum absolute atomic E-state index is 11.3. The second-order valence-electron chi connectivity index (χ2n) is 4.11. The minimum atomic E-state index is -1.13. The summed E-state index contributed by atoms with van der Waals surface area (Å²) < 4.78 is 9.68. The molecule has 0 saturated carbocycles. The molecule has 0 aromatic carbocycles. The van der Waals surface area contributed by atoms with Crippen molar-refractivity contribution in [3.8, 4) is 0 Å². The van der Waals surface area contributed by atoms with Crippen LogP contribution in [0.3, 0.4) is 0 Å². The van der Waals surface area contributed by atoms with E-state index < -0.39 is 30.4 Å². The molecule has 1 aliphatic heterocycles. The van der Waals surface area contributed by atoms with Gasteiger partial charge in [-0.1, -0.05) is 31.9 Å². The number of unbranched alkanes of at least 4 members (excludes halogenated alkanes) is 2. The molecule has 1 saturated heterocycles. The molecule has 2 unspecified atom stereocenters. The van der Waals surface area contributed by atoms with Crippen LogP contribution in [0, 0.1) is 0 Å². The molecule has 0 aromatic rings. The number of aliphatic hydroxyl groups is 2. The van der Waals surface area contributed by atoms with Crippen molar-refractivity contribution in [2.45, 2.75) is 50.6 Å². The first-order valence-electron chi connectivity index (χ1n) is 5.87. The van der Waals surface area contributed by atoms with E-state index in [0.717, 1.165) is 19.3 Å². The zero-order valence-electron chi connectivity index (χ0n) is 10.2. The van der Waals surface area contributed by atoms with Gasteiger partial charge in [-0.15, -0.1) is 0 Å². The van der Waals surface area contributed by atoms with Gasteiger partial charge in [0, 0.05) is 7.11 Å². The molecule has 0 aromatic heterocycles. The number of esters is 1. The van der Waals surface area contributed by atoms with Gasteiger partial charge in [0.1, 0.15) is 12.2 Å². The summed E-state index contributed by atoms with van der Waals surface area (Å²) in [6, 6.07) is 0. The average molecular weight is 244 g/mol. The fraction of sp³-hybridized carbons (Fsp3) is 0.750. The molecule has 5 heteroatoms. The molecule has 1 aliphatic rings. The van der Waals surface area contributed by atoms with E-state index in [1.807, 2.05) is 6.08 Å². The largest absolute Gasteiger partial charge is 0.454 e. The molecular weight excluding hydrogens is 224 g/mol. The molecule has 0 spiro atoms. The first-order valence-corrected chi connectivity index (χ1v) is 5.87. The Morgan fingerprint density at radius 1 is 1.59 bits per heavy atom. The van der Waals surface area contributed by atoms with E-state index in [1.54, 1.807) is 6.08 Å². The van der Waals surface area contributed by atoms with Crippen molar-refractivity contribution in [3.05, 3.63) is 12.2 Å². The first kappa shape index (κ1) is 14.2. The van der Waals surface area contributed by atoms with Crippen LogP contribution >= 0.6 is 0 Å². The van der Waals surface area contributed by atoms with Gasteiger partial charge in [0.2, 0.25) is 0 Å². The third-order valence-electron chi connectivity index (χ3n) is 2.78. The van der Waals surface area contributed by atoms with Crippen molar-refractivity contribution in [1.29, 1.82) is 0 Å². The van der Waals surface area contributed by atoms with Gasteiger partial charge in [-0.25, -0.2) is 4.79 Å². The lowest BCUT2D eigenvalue weighted by atomic mass is 10.1. The number of ether oxygens (including phenoxy) is 2. The van der Waals surface area contributed by atoms with E-state index in [-0.39, 0.29) is 0 Å². The molecule has 0 radical (unpaired) electrons. The molecule has 98 valence electrons. The van der Waals surface area contributed by atoms with Crippen LogP contribution < -0.4 is 0 Å². The van der Waals surface area contributed by atoms with Crippen LogP contribution in [0.5, 0.6) is 0 Å². The molecule has 2 N–H and O–H groups in total. The summed E-state index contributed by atoms with van der Waals surface area (Å²) in [5, 5.41) is 19.5. The minimum Gasteiger partial charge on any atom is -0.454 e. The van der Waals surface area contributed by atoms with Crippen LogP contribution in [0.15, 0.2) is 12.2 Å². The normalized spacial score (nSPS) is 30.8. The maximum Gasteiger partial charge on any atom is 0.338 e. The quantitative estimate of drug-likeness (QED) is 0.402. The second kappa shape index (κ2) is 6.74. The van der Waals surface area contributed by atoms with E-state index in [2.05, 4.69) is 6.92 Å². The van der Waals surface area contributed by atoms with Crippen LogP contribution in [0.2, 0.25) is 0 Å². The molecule has 1 rings (SSSR count). The fourth-order valence-electron chi connectivity index (χ4n) is 1.76. The van der Waals surface area contributed by atoms with Gasteiger partial charge in [0.15, 0.2) is 12.2 Å². The van der Waals surface area contributed by atoms with Crippen LogP contribution in [-0.2, 0) is 14.3 Å². The highest BCUT2D eigenvalue weighted by atomic mass is 16.6. The Hall–Kier alpha value is -0.910. The van der Waals surface area contributed by atoms with Crippen molar-refractivity contribution < 1.29 is 24.5 Å². The Morgan fingerprint density at radius 3 is 2.82 bits per heavy atom. The number of allylic oxidation sites excluding steroid dienone is 1. The highest BCUT2D eigenvalue weighted by Crippen LogP contribution is 2.21. The van der Waals surface area contributed by atoms with Crippen molar-refractivity contribution >= 4 is 5.97 Å². The molecule has 0 amide bonds. The predicted molar refractivity (Wildman–Crippen MR) is 61.4 cm³/mol. The Morgan fingerprint density at radius 2 is 2.29 bits per heavy atom. The summed E-state index contributed by atoms with van der Waals surface area (Å²) in [5.74, 6) is -0.633. The minimum absolute atomic E-state index is 0.633. The zero-order chi connectivity index (χ0) is 12.8. The standard InChI is InChI=1S/C12H20O5/c1-3-4-5-6-7-8(13)10-9(14)11(16-2)12(15)17-10/h6-11,13-14H,3-5H2,1-2H3/t8-,9?,10?,11-/m1/s1. The maximum atomic E-state index is 11.3. The van der Waals surface area contributed by atoms with Crippen LogP contribution in [0.4, 0.5) is 0 Å². The molecule has 1 fully saturated rings. The summed E-state index contributed by atoms with van der Waals surface area (Å²) in [4.78, 5) is 11.3. The van der Waals surface area contributed by atoms with Gasteiger partial charge in [-0.05, 0) is 6.42 Å². The second-order valence-corrected chi connectivity index (χ2v) is 4.11. The topological polar surface area (TPSA) is 76.0 Å². The number of hydrogen-bond donors (Lipinski definition) is 2. The monoisotopic (exact) mass is 244 g/mol. The van der Waals surface area contributed by atoms with Crippen molar-refractivity contribution in [2.24, 2.45) is 0 Å². The highest BCUT2D eigenvalue weighted by molar-refractivity contribution is 5.78. The Labute approximate surface area is 101 Å². The number of aliphatic hydroxyl groups excluding tert-OH is 2. The summed E-state index contributed by atoms with van der Waals surface area (Å²) in [5.41, 5.74) is 0. The Kier molecular flexibility index (Phi) is 5.61. The third kappa shape index (κ3) is 3.52. The molecular formula is C12H20O5. The number of carbonyl (C=O) groups excluding carboxylic acids is 1. The van der Waals surface area contributed by atoms with Crippen LogP contribution in [0.25, 0.3) is 0 Å². The molecule has 1 heterocycles. The molecule has 5 nitrogen and oxygen atoms in total. The van der Waals surface area contributed by atoms with Gasteiger partial charge < -0.3 is 19.7 Å². The number of hydrogen-bond acceptors (Lipinski definition) is 5. The average Bonchev–Trinajstić information content (AvgIpc) is 2.60. The van der Waals surface area contributed by atoms with Crippen molar-refractivity contribution in [2.75, 3.05) is 7.11 Å². The summed E-state index contributed by atoms with van der Waals surface area (Å²) in [6.07, 6.45) is 2.29. The summed E-state index contributed by atoms with van der Waals surface area (Å²) in [7, 11) is 1.32. The van der Waals surface area contributed by atoms with Crippen molar-refractivity contribution in [3.63, 3.8) is 0 Å². The highest BCUT2D eigenvalue weighted by Gasteiger charge is 2.46. The molecule has 4 atom stereocenters. The number of carbonyl (C=O) groups is 1. The van der Waals surface area contributed by atoms with E-state index in [1.165, 1.54) is 7.11 Å². The van der Waals surface area contributed by atoms with Gasteiger partial charge in [0.05, 0.1) is 0 Å². The van der Waals surface area contributed by atoms with E-state index >= 15 is 0 Å². The van der Waals surface area contributed by atoms with Crippen molar-refractivity contribution in [1.82, 2.24) is 0 Å². The molecule has 17 heavy (non-hydrogen) atoms. The van der Waals surface area contributed by atoms with Gasteiger partial charge in [0.25, 0.3) is 0 Å². The number of cyclic esters (lactones) is 1. The van der Waals surface area contributed by atoms with E-state index in [9.17, 15) is 15.0 Å². The lowest BCUT2D eigenvalue weighted by Gasteiger charge is -2.17. The van der Waals surface area contributed by atoms with Crippen LogP contribution in [-0.4, -0.2) is 47.7 Å². The van der Waals surface area contributed by atoms with E-state index in [0.29, 0.717) is 0 Å². The lowest BCUT2D eigenvalue weighted by Crippen LogP contribution is -2.38. The molecule has 0 aliphatic carbocycles. The predicted octanol–water partition coefficient (Wildman–Crippen LogP) is 0.395. The third-order valence-corrected chi connectivity index (χ3v) is 2.78. The van der Waals surface area contributed by atoms with Crippen LogP contribution in [0.1, 0.15) is 26.2 Å². The smallest absolute Gasteiger partial charge is 0.338 e. The van der Waals surface area contributed by atoms with Gasteiger partial charge in [-0.2, -0.15) is 0 Å². The van der Waals surface area contributed by atoms with Gasteiger partial charge in [-0.3, -0.25) is 0 Å². The summed E-state index contributed by atoms with van der Waals surface area (Å²) >= 11 is 0. The fourth-order valence-corrected chi connectivity index (χ4v) is 1.76. The number of rotatable bonds is 6. The number of methoxy groups -OCH3 is 1. The summed E-state index contributed by atoms with van der Waals surface area (Å²) in [6.45, 7) is 2.08. The zero-order valence-corrected chi connectivity index (χ0v) is 10.2. The Balaban J connectivity index is 2.50. The molecule has 0 bridgehead atoms. The Bertz CT molecular complexity index is 276. The lowest BCUT2D eigenvalue weighted by molar-refractivity contribution is -0.150. The van der Waals surface area contributed by atoms with Gasteiger partial charge >= 0.3 is 5.97 Å². The first-order chi connectivity index (χ1) is 8.11. The van der Waals surface area contributed by atoms with E-state index in [4.69, 9.17) is 9.47 Å². The SMILES string of the molecule is CCCCC=C[C@@H](O)C1OC(=O)[C@H](OC)C1O.